The van der Waals surface area contributed by atoms with Gasteiger partial charge >= 0.3 is 6.09 Å². The summed E-state index contributed by atoms with van der Waals surface area (Å²) in [6.45, 7) is 3.22. The fourth-order valence-electron chi connectivity index (χ4n) is 3.76. The molecular formula is C20H25N2O2+. The molecule has 0 saturated carbocycles. The number of carbonyl (C=O) groups is 1. The second-order valence-corrected chi connectivity index (χ2v) is 6.48. The Morgan fingerprint density at radius 2 is 1.58 bits per heavy atom. The molecule has 1 aliphatic heterocycles. The maximum absolute atomic E-state index is 11.3. The summed E-state index contributed by atoms with van der Waals surface area (Å²) in [5, 5.41) is 0. The maximum atomic E-state index is 11.3. The van der Waals surface area contributed by atoms with E-state index in [-0.39, 0.29) is 6.10 Å². The average molecular weight is 325 g/mol. The number of rotatable bonds is 6. The van der Waals surface area contributed by atoms with E-state index in [0.717, 1.165) is 36.1 Å². The van der Waals surface area contributed by atoms with Crippen molar-refractivity contribution >= 4 is 11.8 Å². The molecule has 1 amide bonds. The van der Waals surface area contributed by atoms with Crippen LogP contribution >= 0.6 is 0 Å². The first-order valence-corrected chi connectivity index (χ1v) is 8.62. The lowest BCUT2D eigenvalue weighted by molar-refractivity contribution is 0.0944. The molecule has 1 saturated heterocycles. The van der Waals surface area contributed by atoms with Gasteiger partial charge in [-0.3, -0.25) is 4.48 Å². The minimum atomic E-state index is -0.712. The number of nitrogens with two attached hydrogens (primary N) is 1. The second kappa shape index (κ2) is 7.49. The van der Waals surface area contributed by atoms with E-state index >= 15 is 0 Å². The Hall–Kier alpha value is -2.33. The first-order chi connectivity index (χ1) is 11.7. The fourth-order valence-corrected chi connectivity index (χ4v) is 3.76. The van der Waals surface area contributed by atoms with Gasteiger partial charge in [-0.05, 0) is 17.7 Å². The highest BCUT2D eigenvalue weighted by atomic mass is 16.6. The number of primary amides is 1. The standard InChI is InChI=1S/C20H24N2O2/c21-20(23)24-19(17-9-3-1-4-10-17)13-16-22(14-7-8-15-22)18-11-5-2-6-12-18/h1-6,9-12,19H,7-8,13-16H2,(H-,21,23)/p+1. The van der Waals surface area contributed by atoms with E-state index in [9.17, 15) is 4.79 Å². The molecule has 2 aromatic rings. The van der Waals surface area contributed by atoms with E-state index in [1.54, 1.807) is 0 Å². The van der Waals surface area contributed by atoms with Crippen molar-refractivity contribution in [1.82, 2.24) is 4.48 Å². The number of quaternary nitrogens is 1. The van der Waals surface area contributed by atoms with Crippen molar-refractivity contribution in [3.05, 3.63) is 66.2 Å². The van der Waals surface area contributed by atoms with Crippen LogP contribution in [0.5, 0.6) is 0 Å². The predicted molar refractivity (Wildman–Crippen MR) is 96.5 cm³/mol. The molecule has 0 spiro atoms. The lowest BCUT2D eigenvalue weighted by Crippen LogP contribution is -2.47. The van der Waals surface area contributed by atoms with Gasteiger partial charge in [-0.1, -0.05) is 48.5 Å². The first kappa shape index (κ1) is 16.5. The van der Waals surface area contributed by atoms with Crippen molar-refractivity contribution in [2.24, 2.45) is 5.73 Å². The molecule has 0 radical (unpaired) electrons. The van der Waals surface area contributed by atoms with Crippen molar-refractivity contribution in [1.29, 1.82) is 0 Å². The lowest BCUT2D eigenvalue weighted by atomic mass is 10.1. The van der Waals surface area contributed by atoms with Gasteiger partial charge in [0, 0.05) is 19.3 Å². The Kier molecular flexibility index (Phi) is 5.16. The highest BCUT2D eigenvalue weighted by Gasteiger charge is 2.35. The number of ether oxygens (including phenoxy) is 1. The van der Waals surface area contributed by atoms with Gasteiger partial charge in [0.1, 0.15) is 11.8 Å². The molecule has 1 atom stereocenters. The van der Waals surface area contributed by atoms with Crippen molar-refractivity contribution in [2.45, 2.75) is 25.4 Å². The van der Waals surface area contributed by atoms with Crippen LogP contribution in [0.2, 0.25) is 0 Å². The summed E-state index contributed by atoms with van der Waals surface area (Å²) in [7, 11) is 0. The van der Waals surface area contributed by atoms with E-state index in [1.165, 1.54) is 18.5 Å². The van der Waals surface area contributed by atoms with E-state index in [4.69, 9.17) is 10.5 Å². The van der Waals surface area contributed by atoms with Gasteiger partial charge in [-0.2, -0.15) is 0 Å². The van der Waals surface area contributed by atoms with Crippen molar-refractivity contribution in [2.75, 3.05) is 19.6 Å². The maximum Gasteiger partial charge on any atom is 0.405 e. The van der Waals surface area contributed by atoms with E-state index in [2.05, 4.69) is 30.3 Å². The van der Waals surface area contributed by atoms with Gasteiger partial charge in [0.05, 0.1) is 19.6 Å². The van der Waals surface area contributed by atoms with Gasteiger partial charge in [0.2, 0.25) is 0 Å². The fraction of sp³-hybridized carbons (Fsp3) is 0.350. The number of para-hydroxylation sites is 1. The van der Waals surface area contributed by atoms with Crippen LogP contribution in [-0.4, -0.2) is 25.7 Å². The van der Waals surface area contributed by atoms with Crippen molar-refractivity contribution in [3.63, 3.8) is 0 Å². The van der Waals surface area contributed by atoms with E-state index < -0.39 is 6.09 Å². The molecule has 2 N–H and O–H groups in total. The van der Waals surface area contributed by atoms with Crippen LogP contribution in [0.25, 0.3) is 0 Å². The van der Waals surface area contributed by atoms with Crippen molar-refractivity contribution in [3.8, 4) is 0 Å². The average Bonchev–Trinajstić information content (AvgIpc) is 3.10. The van der Waals surface area contributed by atoms with Crippen LogP contribution in [0.4, 0.5) is 10.5 Å². The largest absolute Gasteiger partial charge is 0.441 e. The molecule has 126 valence electrons. The molecule has 3 rings (SSSR count). The molecule has 2 aromatic carbocycles. The topological polar surface area (TPSA) is 52.3 Å². The third kappa shape index (κ3) is 3.77. The quantitative estimate of drug-likeness (QED) is 0.816. The summed E-state index contributed by atoms with van der Waals surface area (Å²) < 4.78 is 6.37. The van der Waals surface area contributed by atoms with E-state index in [0.29, 0.717) is 0 Å². The minimum Gasteiger partial charge on any atom is -0.441 e. The number of nitrogens with zero attached hydrogens (tertiary/aromatic N) is 1. The molecule has 0 aromatic heterocycles. The summed E-state index contributed by atoms with van der Waals surface area (Å²) >= 11 is 0. The molecule has 4 heteroatoms. The normalized spacial score (nSPS) is 17.3. The van der Waals surface area contributed by atoms with Gasteiger partial charge in [-0.15, -0.1) is 0 Å². The molecule has 0 aliphatic carbocycles. The zero-order valence-corrected chi connectivity index (χ0v) is 13.9. The minimum absolute atomic E-state index is 0.289. The monoisotopic (exact) mass is 325 g/mol. The van der Waals surface area contributed by atoms with Crippen LogP contribution < -0.4 is 10.2 Å². The smallest absolute Gasteiger partial charge is 0.405 e. The number of benzene rings is 2. The highest BCUT2D eigenvalue weighted by Crippen LogP contribution is 2.32. The molecule has 1 aliphatic rings. The summed E-state index contributed by atoms with van der Waals surface area (Å²) in [6, 6.07) is 20.5. The zero-order valence-electron chi connectivity index (χ0n) is 13.9. The molecule has 24 heavy (non-hydrogen) atoms. The third-order valence-electron chi connectivity index (χ3n) is 4.98. The molecule has 1 fully saturated rings. The van der Waals surface area contributed by atoms with Crippen LogP contribution in [0.15, 0.2) is 60.7 Å². The number of carbonyl (C=O) groups excluding carboxylic acids is 1. The van der Waals surface area contributed by atoms with Crippen LogP contribution in [0.3, 0.4) is 0 Å². The second-order valence-electron chi connectivity index (χ2n) is 6.48. The predicted octanol–water partition coefficient (Wildman–Crippen LogP) is 4.01. The summed E-state index contributed by atoms with van der Waals surface area (Å²) in [5.41, 5.74) is 7.64. The first-order valence-electron chi connectivity index (χ1n) is 8.62. The third-order valence-corrected chi connectivity index (χ3v) is 4.98. The Labute approximate surface area is 143 Å². The summed E-state index contributed by atoms with van der Waals surface area (Å²) in [5.74, 6) is 0. The highest BCUT2D eigenvalue weighted by molar-refractivity contribution is 5.65. The molecule has 4 nitrogen and oxygen atoms in total. The number of hydrogen-bond donors (Lipinski definition) is 1. The molecule has 1 heterocycles. The van der Waals surface area contributed by atoms with Crippen LogP contribution in [-0.2, 0) is 4.74 Å². The SMILES string of the molecule is NC(=O)OC(CC[N+]1(c2ccccc2)CCCC1)c1ccccc1. The molecule has 1 unspecified atom stereocenters. The van der Waals surface area contributed by atoms with E-state index in [1.807, 2.05) is 30.3 Å². The lowest BCUT2D eigenvalue weighted by Gasteiger charge is -2.35. The zero-order chi connectivity index (χ0) is 16.8. The van der Waals surface area contributed by atoms with Crippen LogP contribution in [0.1, 0.15) is 30.9 Å². The molecular weight excluding hydrogens is 300 g/mol. The van der Waals surface area contributed by atoms with Gasteiger partial charge in [-0.25, -0.2) is 4.79 Å². The van der Waals surface area contributed by atoms with Gasteiger partial charge in [0.25, 0.3) is 0 Å². The summed E-state index contributed by atoms with van der Waals surface area (Å²) in [4.78, 5) is 11.3. The Balaban J connectivity index is 1.78. The Bertz CT molecular complexity index is 652. The van der Waals surface area contributed by atoms with Crippen molar-refractivity contribution < 1.29 is 9.53 Å². The Morgan fingerprint density at radius 3 is 2.17 bits per heavy atom. The van der Waals surface area contributed by atoms with Gasteiger partial charge < -0.3 is 10.5 Å². The Morgan fingerprint density at radius 1 is 1.00 bits per heavy atom. The van der Waals surface area contributed by atoms with Gasteiger partial charge in [0.15, 0.2) is 0 Å². The number of likely N-dealkylation sites (tertiary alicyclic amines) is 1. The number of hydrogen-bond acceptors (Lipinski definition) is 2. The molecule has 0 bridgehead atoms. The van der Waals surface area contributed by atoms with Crippen LogP contribution in [0, 0.1) is 0 Å². The number of amides is 1. The summed E-state index contributed by atoms with van der Waals surface area (Å²) in [6.07, 6.45) is 2.24.